The Balaban J connectivity index is 0.000000188. The van der Waals surface area contributed by atoms with E-state index in [1.54, 1.807) is 24.3 Å². The molecule has 1 aliphatic heterocycles. The van der Waals surface area contributed by atoms with Gasteiger partial charge in [-0.25, -0.2) is 36.3 Å². The Kier molecular flexibility index (Phi) is 10.8. The number of carbonyl (C=O) groups excluding carboxylic acids is 1. The summed E-state index contributed by atoms with van der Waals surface area (Å²) in [5, 5.41) is 0.175. The van der Waals surface area contributed by atoms with Crippen molar-refractivity contribution in [2.45, 2.75) is 12.5 Å². The standard InChI is InChI=1S/C16H9BrClF3N2O.C16H7BrClF3N2O/c2*17-9-7-23(12-2-1-3-22-16(12)18)13(6-14(9)24)15-10(20)4-8(19)5-11(15)21/h1-5,7,13H,6H2;1-7H. The monoisotopic (exact) mass is 830 g/mol. The lowest BCUT2D eigenvalue weighted by Gasteiger charge is -2.34. The normalized spacial score (nSPS) is 14.4. The molecule has 246 valence electrons. The van der Waals surface area contributed by atoms with E-state index >= 15 is 0 Å². The second-order valence-electron chi connectivity index (χ2n) is 9.92. The largest absolute Gasteiger partial charge is 0.336 e. The first-order chi connectivity index (χ1) is 22.8. The molecule has 6 nitrogen and oxygen atoms in total. The van der Waals surface area contributed by atoms with Gasteiger partial charge in [0.2, 0.25) is 0 Å². The highest BCUT2D eigenvalue weighted by atomic mass is 79.9. The van der Waals surface area contributed by atoms with Gasteiger partial charge in [-0.05, 0) is 56.1 Å². The van der Waals surface area contributed by atoms with Crippen LogP contribution in [-0.2, 0) is 4.79 Å². The number of Topliss-reactive ketones (excluding diaryl/α,β-unsaturated/α-hetero) is 1. The first kappa shape index (κ1) is 35.3. The predicted molar refractivity (Wildman–Crippen MR) is 175 cm³/mol. The number of pyridine rings is 3. The van der Waals surface area contributed by atoms with Crippen molar-refractivity contribution in [2.24, 2.45) is 0 Å². The van der Waals surface area contributed by atoms with Crippen molar-refractivity contribution in [1.29, 1.82) is 0 Å². The van der Waals surface area contributed by atoms with E-state index < -0.39 is 57.5 Å². The van der Waals surface area contributed by atoms with Crippen LogP contribution in [0.15, 0.2) is 93.1 Å². The number of carbonyl (C=O) groups is 1. The Morgan fingerprint density at radius 2 is 1.27 bits per heavy atom. The van der Waals surface area contributed by atoms with Crippen molar-refractivity contribution in [3.63, 3.8) is 0 Å². The Labute approximate surface area is 294 Å². The van der Waals surface area contributed by atoms with E-state index in [-0.39, 0.29) is 37.2 Å². The minimum Gasteiger partial charge on any atom is -0.336 e. The third-order valence-electron chi connectivity index (χ3n) is 6.90. The summed E-state index contributed by atoms with van der Waals surface area (Å²) in [6.07, 6.45) is 5.42. The van der Waals surface area contributed by atoms with Gasteiger partial charge < -0.3 is 9.47 Å². The molecule has 1 unspecified atom stereocenters. The molecule has 1 aliphatic rings. The number of rotatable bonds is 4. The fourth-order valence-electron chi connectivity index (χ4n) is 4.82. The van der Waals surface area contributed by atoms with Gasteiger partial charge in [-0.1, -0.05) is 23.2 Å². The Morgan fingerprint density at radius 1 is 0.750 bits per heavy atom. The summed E-state index contributed by atoms with van der Waals surface area (Å²) < 4.78 is 84.8. The van der Waals surface area contributed by atoms with E-state index in [4.69, 9.17) is 23.2 Å². The lowest BCUT2D eigenvalue weighted by Crippen LogP contribution is -2.32. The number of allylic oxidation sites excluding steroid dienone is 1. The zero-order chi connectivity index (χ0) is 34.9. The van der Waals surface area contributed by atoms with E-state index in [0.29, 0.717) is 35.6 Å². The fraction of sp³-hybridized carbons (Fsp3) is 0.0625. The molecule has 1 atom stereocenters. The van der Waals surface area contributed by atoms with Gasteiger partial charge in [-0.2, -0.15) is 0 Å². The first-order valence-electron chi connectivity index (χ1n) is 13.4. The van der Waals surface area contributed by atoms with Crippen LogP contribution in [0.2, 0.25) is 10.3 Å². The summed E-state index contributed by atoms with van der Waals surface area (Å²) in [5.41, 5.74) is -0.880. The number of benzene rings is 2. The maximum atomic E-state index is 14.2. The van der Waals surface area contributed by atoms with E-state index in [2.05, 4.69) is 41.8 Å². The van der Waals surface area contributed by atoms with Crippen LogP contribution in [0.25, 0.3) is 16.9 Å². The van der Waals surface area contributed by atoms with E-state index in [1.807, 2.05) is 0 Å². The first-order valence-corrected chi connectivity index (χ1v) is 15.7. The second-order valence-corrected chi connectivity index (χ2v) is 12.3. The molecule has 5 aromatic rings. The highest BCUT2D eigenvalue weighted by Gasteiger charge is 2.34. The molecule has 0 spiro atoms. The average molecular weight is 833 g/mol. The smallest absolute Gasteiger partial charge is 0.196 e. The molecule has 0 bridgehead atoms. The molecule has 0 radical (unpaired) electrons. The van der Waals surface area contributed by atoms with Crippen LogP contribution in [0.5, 0.6) is 0 Å². The highest BCUT2D eigenvalue weighted by Crippen LogP contribution is 2.40. The molecular weight excluding hydrogens is 817 g/mol. The third kappa shape index (κ3) is 7.36. The molecule has 48 heavy (non-hydrogen) atoms. The summed E-state index contributed by atoms with van der Waals surface area (Å²) in [5.74, 6) is -6.83. The van der Waals surface area contributed by atoms with Crippen LogP contribution < -0.4 is 10.3 Å². The van der Waals surface area contributed by atoms with Crippen LogP contribution in [0, 0.1) is 34.9 Å². The number of nitrogens with zero attached hydrogens (tertiary/aromatic N) is 4. The predicted octanol–water partition coefficient (Wildman–Crippen LogP) is 9.64. The number of halogens is 10. The van der Waals surface area contributed by atoms with Gasteiger partial charge in [0, 0.05) is 67.1 Å². The molecule has 0 N–H and O–H groups in total. The van der Waals surface area contributed by atoms with E-state index in [1.165, 1.54) is 34.3 Å². The van der Waals surface area contributed by atoms with Gasteiger partial charge in [-0.3, -0.25) is 9.59 Å². The summed E-state index contributed by atoms with van der Waals surface area (Å²) in [6.45, 7) is 0. The van der Waals surface area contributed by atoms with Crippen LogP contribution in [-0.4, -0.2) is 20.3 Å². The van der Waals surface area contributed by atoms with Gasteiger partial charge in [0.1, 0.15) is 34.9 Å². The van der Waals surface area contributed by atoms with Crippen molar-refractivity contribution in [3.05, 3.63) is 149 Å². The maximum Gasteiger partial charge on any atom is 0.196 e. The van der Waals surface area contributed by atoms with Crippen molar-refractivity contribution < 1.29 is 31.1 Å². The van der Waals surface area contributed by atoms with E-state index in [9.17, 15) is 35.9 Å². The van der Waals surface area contributed by atoms with Gasteiger partial charge >= 0.3 is 0 Å². The number of aromatic nitrogens is 3. The molecule has 16 heteroatoms. The summed E-state index contributed by atoms with van der Waals surface area (Å²) >= 11 is 18.3. The minimum absolute atomic E-state index is 0.0669. The average Bonchev–Trinajstić information content (AvgIpc) is 3.00. The SMILES string of the molecule is O=C1CC(c2c(F)cc(F)cc2F)N(c2cccnc2Cl)C=C1Br.O=c1cc(-c2c(F)cc(F)cc2F)n(-c2cccnc2Cl)cc1Br. The molecule has 0 aliphatic carbocycles. The number of ketones is 1. The molecule has 2 aromatic carbocycles. The lowest BCUT2D eigenvalue weighted by molar-refractivity contribution is -0.115. The Morgan fingerprint density at radius 3 is 1.81 bits per heavy atom. The van der Waals surface area contributed by atoms with Crippen molar-refractivity contribution in [2.75, 3.05) is 4.90 Å². The summed E-state index contributed by atoms with van der Waals surface area (Å²) in [7, 11) is 0. The summed E-state index contributed by atoms with van der Waals surface area (Å²) in [6, 6.07) is 8.62. The quantitative estimate of drug-likeness (QED) is 0.133. The fourth-order valence-corrected chi connectivity index (χ4v) is 5.95. The number of anilines is 1. The third-order valence-corrected chi connectivity index (χ3v) is 8.72. The summed E-state index contributed by atoms with van der Waals surface area (Å²) in [4.78, 5) is 33.2. The van der Waals surface area contributed by atoms with E-state index in [0.717, 1.165) is 6.07 Å². The van der Waals surface area contributed by atoms with Gasteiger partial charge in [0.15, 0.2) is 21.5 Å². The molecule has 6 rings (SSSR count). The van der Waals surface area contributed by atoms with Crippen molar-refractivity contribution >= 4 is 66.5 Å². The minimum atomic E-state index is -1.14. The molecule has 3 aromatic heterocycles. The Hall–Kier alpha value is -3.98. The maximum absolute atomic E-state index is 14.2. The Bertz CT molecular complexity index is 2120. The van der Waals surface area contributed by atoms with Crippen molar-refractivity contribution in [3.8, 4) is 16.9 Å². The second kappa shape index (κ2) is 14.6. The molecular formula is C32H16Br2Cl2F6N4O2. The number of hydrogen-bond donors (Lipinski definition) is 0. The van der Waals surface area contributed by atoms with Crippen LogP contribution in [0.1, 0.15) is 18.0 Å². The van der Waals surface area contributed by atoms with Crippen LogP contribution >= 0.6 is 55.1 Å². The van der Waals surface area contributed by atoms with Gasteiger partial charge in [0.25, 0.3) is 0 Å². The molecule has 4 heterocycles. The lowest BCUT2D eigenvalue weighted by atomic mass is 9.95. The van der Waals surface area contributed by atoms with Crippen LogP contribution in [0.4, 0.5) is 32.0 Å². The molecule has 0 amide bonds. The highest BCUT2D eigenvalue weighted by molar-refractivity contribution is 9.12. The topological polar surface area (TPSA) is 68.1 Å². The molecule has 0 saturated carbocycles. The molecule has 0 saturated heterocycles. The zero-order valence-electron chi connectivity index (χ0n) is 23.7. The zero-order valence-corrected chi connectivity index (χ0v) is 28.4. The molecule has 0 fully saturated rings. The van der Waals surface area contributed by atoms with Gasteiger partial charge in [-0.15, -0.1) is 0 Å². The van der Waals surface area contributed by atoms with Gasteiger partial charge in [0.05, 0.1) is 37.6 Å². The number of hydrogen-bond acceptors (Lipinski definition) is 5. The van der Waals surface area contributed by atoms with Crippen molar-refractivity contribution in [1.82, 2.24) is 14.5 Å². The van der Waals surface area contributed by atoms with Crippen LogP contribution in [0.3, 0.4) is 0 Å².